The first-order chi connectivity index (χ1) is 12.4. The van der Waals surface area contributed by atoms with E-state index in [0.717, 1.165) is 0 Å². The van der Waals surface area contributed by atoms with Crippen LogP contribution in [-0.4, -0.2) is 42.5 Å². The monoisotopic (exact) mass is 360 g/mol. The molecule has 26 heavy (non-hydrogen) atoms. The molecule has 8 heteroatoms. The number of methoxy groups -OCH3 is 2. The van der Waals surface area contributed by atoms with Gasteiger partial charge in [-0.15, -0.1) is 0 Å². The molecule has 0 fully saturated rings. The van der Waals surface area contributed by atoms with Gasteiger partial charge < -0.3 is 30.3 Å². The molecule has 0 saturated heterocycles. The molecule has 0 heterocycles. The molecule has 4 N–H and O–H groups in total. The quantitative estimate of drug-likeness (QED) is 0.600. The van der Waals surface area contributed by atoms with Crippen molar-refractivity contribution in [2.45, 2.75) is 12.1 Å². The van der Waals surface area contributed by atoms with Gasteiger partial charge in [0.1, 0.15) is 17.6 Å². The maximum atomic E-state index is 12.1. The molecule has 8 nitrogen and oxygen atoms in total. The van der Waals surface area contributed by atoms with Crippen molar-refractivity contribution in [2.75, 3.05) is 19.5 Å². The summed E-state index contributed by atoms with van der Waals surface area (Å²) in [6.07, 6.45) is -1.44. The number of carbonyl (C=O) groups excluding carboxylic acids is 1. The van der Waals surface area contributed by atoms with E-state index in [0.29, 0.717) is 22.7 Å². The third-order valence-corrected chi connectivity index (χ3v) is 3.65. The number of benzene rings is 2. The Morgan fingerprint density at radius 1 is 1.00 bits per heavy atom. The topological polar surface area (TPSA) is 117 Å². The number of ether oxygens (including phenoxy) is 2. The summed E-state index contributed by atoms with van der Waals surface area (Å²) in [5.74, 6) is -0.262. The van der Waals surface area contributed by atoms with Crippen molar-refractivity contribution in [1.29, 1.82) is 0 Å². The molecule has 2 unspecified atom stereocenters. The van der Waals surface area contributed by atoms with Crippen LogP contribution in [0, 0.1) is 0 Å². The van der Waals surface area contributed by atoms with Crippen LogP contribution < -0.4 is 20.1 Å². The first kappa shape index (κ1) is 19.1. The predicted octanol–water partition coefficient (Wildman–Crippen LogP) is 2.01. The van der Waals surface area contributed by atoms with Gasteiger partial charge in [0.25, 0.3) is 0 Å². The Hall–Kier alpha value is -3.26. The first-order valence-corrected chi connectivity index (χ1v) is 7.71. The van der Waals surface area contributed by atoms with Crippen LogP contribution in [-0.2, 0) is 4.79 Å². The summed E-state index contributed by atoms with van der Waals surface area (Å²) in [5, 5.41) is 24.4. The van der Waals surface area contributed by atoms with Crippen molar-refractivity contribution in [3.63, 3.8) is 0 Å². The number of amides is 2. The highest BCUT2D eigenvalue weighted by Gasteiger charge is 2.29. The fraction of sp³-hybridized carbons (Fsp3) is 0.222. The number of nitrogens with one attached hydrogen (secondary N) is 2. The van der Waals surface area contributed by atoms with E-state index in [-0.39, 0.29) is 0 Å². The maximum Gasteiger partial charge on any atom is 0.329 e. The van der Waals surface area contributed by atoms with E-state index in [1.165, 1.54) is 26.4 Å². The number of carboxylic acids is 1. The highest BCUT2D eigenvalue weighted by molar-refractivity contribution is 5.92. The van der Waals surface area contributed by atoms with Crippen LogP contribution in [0.25, 0.3) is 0 Å². The lowest BCUT2D eigenvalue weighted by molar-refractivity contribution is -0.142. The molecule has 138 valence electrons. The zero-order valence-corrected chi connectivity index (χ0v) is 14.3. The molecular formula is C18H20N2O6. The summed E-state index contributed by atoms with van der Waals surface area (Å²) in [6.45, 7) is 0. The average Bonchev–Trinajstić information content (AvgIpc) is 2.65. The summed E-state index contributed by atoms with van der Waals surface area (Å²) in [7, 11) is 2.99. The van der Waals surface area contributed by atoms with Gasteiger partial charge in [-0.25, -0.2) is 9.59 Å². The number of anilines is 1. The summed E-state index contributed by atoms with van der Waals surface area (Å²) in [4.78, 5) is 23.6. The van der Waals surface area contributed by atoms with Crippen molar-refractivity contribution in [1.82, 2.24) is 5.32 Å². The Bertz CT molecular complexity index is 763. The van der Waals surface area contributed by atoms with Gasteiger partial charge in [0.05, 0.1) is 14.2 Å². The number of urea groups is 1. The molecule has 0 aromatic heterocycles. The van der Waals surface area contributed by atoms with Gasteiger partial charge in [-0.05, 0) is 29.8 Å². The normalized spacial score (nSPS) is 12.6. The predicted molar refractivity (Wildman–Crippen MR) is 94.5 cm³/mol. The van der Waals surface area contributed by atoms with Crippen molar-refractivity contribution in [3.05, 3.63) is 54.1 Å². The van der Waals surface area contributed by atoms with Gasteiger partial charge in [-0.3, -0.25) is 0 Å². The smallest absolute Gasteiger partial charge is 0.329 e. The minimum absolute atomic E-state index is 0.333. The van der Waals surface area contributed by atoms with Crippen LogP contribution in [0.1, 0.15) is 11.7 Å². The molecule has 2 aromatic carbocycles. The van der Waals surface area contributed by atoms with E-state index in [1.54, 1.807) is 36.4 Å². The van der Waals surface area contributed by atoms with Crippen molar-refractivity contribution in [3.8, 4) is 11.5 Å². The van der Waals surface area contributed by atoms with Crippen molar-refractivity contribution in [2.24, 2.45) is 0 Å². The molecule has 2 aromatic rings. The number of aliphatic hydroxyl groups excluding tert-OH is 1. The first-order valence-electron chi connectivity index (χ1n) is 7.71. The molecule has 0 bridgehead atoms. The number of rotatable bonds is 7. The second-order valence-corrected chi connectivity index (χ2v) is 5.36. The zero-order valence-electron chi connectivity index (χ0n) is 14.3. The van der Waals surface area contributed by atoms with E-state index in [9.17, 15) is 19.8 Å². The summed E-state index contributed by atoms with van der Waals surface area (Å²) >= 11 is 0. The van der Waals surface area contributed by atoms with Crippen LogP contribution in [0.4, 0.5) is 10.5 Å². The Kier molecular flexibility index (Phi) is 6.40. The molecule has 0 saturated carbocycles. The summed E-state index contributed by atoms with van der Waals surface area (Å²) < 4.78 is 10.1. The zero-order chi connectivity index (χ0) is 19.1. The minimum atomic E-state index is -1.53. The van der Waals surface area contributed by atoms with Gasteiger partial charge in [-0.2, -0.15) is 0 Å². The molecule has 0 aliphatic carbocycles. The number of aliphatic hydroxyl groups is 1. The Balaban J connectivity index is 2.08. The Labute approximate surface area is 150 Å². The van der Waals surface area contributed by atoms with Crippen LogP contribution in [0.3, 0.4) is 0 Å². The molecule has 0 aliphatic heterocycles. The molecule has 0 radical (unpaired) electrons. The molecule has 0 spiro atoms. The minimum Gasteiger partial charge on any atom is -0.497 e. The number of carbonyl (C=O) groups is 2. The van der Waals surface area contributed by atoms with Gasteiger partial charge in [0.2, 0.25) is 0 Å². The second kappa shape index (κ2) is 8.72. The van der Waals surface area contributed by atoms with Gasteiger partial charge in [0, 0.05) is 11.8 Å². The van der Waals surface area contributed by atoms with Gasteiger partial charge >= 0.3 is 12.0 Å². The highest BCUT2D eigenvalue weighted by Crippen LogP contribution is 2.21. The van der Waals surface area contributed by atoms with E-state index >= 15 is 0 Å². The van der Waals surface area contributed by atoms with E-state index in [4.69, 9.17) is 9.47 Å². The van der Waals surface area contributed by atoms with Crippen LogP contribution >= 0.6 is 0 Å². The Morgan fingerprint density at radius 3 is 2.23 bits per heavy atom. The SMILES string of the molecule is COc1ccc(C(O)C(NC(=O)Nc2cccc(OC)c2)C(=O)O)cc1. The van der Waals surface area contributed by atoms with Crippen molar-refractivity contribution < 1.29 is 29.3 Å². The van der Waals surface area contributed by atoms with Crippen LogP contribution in [0.15, 0.2) is 48.5 Å². The van der Waals surface area contributed by atoms with Gasteiger partial charge in [-0.1, -0.05) is 18.2 Å². The number of carboxylic acid groups (broad SMARTS) is 1. The lowest BCUT2D eigenvalue weighted by Gasteiger charge is -2.21. The molecule has 2 amide bonds. The molecule has 2 atom stereocenters. The van der Waals surface area contributed by atoms with E-state index < -0.39 is 24.1 Å². The highest BCUT2D eigenvalue weighted by atomic mass is 16.5. The number of hydrogen-bond donors (Lipinski definition) is 4. The largest absolute Gasteiger partial charge is 0.497 e. The van der Waals surface area contributed by atoms with E-state index in [1.807, 2.05) is 0 Å². The van der Waals surface area contributed by atoms with Crippen LogP contribution in [0.2, 0.25) is 0 Å². The summed E-state index contributed by atoms with van der Waals surface area (Å²) in [6, 6.07) is 10.5. The lowest BCUT2D eigenvalue weighted by atomic mass is 10.0. The Morgan fingerprint density at radius 2 is 1.65 bits per heavy atom. The molecular weight excluding hydrogens is 340 g/mol. The average molecular weight is 360 g/mol. The number of aliphatic carboxylic acids is 1. The standard InChI is InChI=1S/C18H20N2O6/c1-25-13-8-6-11(7-9-13)16(21)15(17(22)23)20-18(24)19-12-4-3-5-14(10-12)26-2/h3-10,15-16,21H,1-2H3,(H,22,23)(H2,19,20,24). The number of hydrogen-bond acceptors (Lipinski definition) is 5. The summed E-state index contributed by atoms with van der Waals surface area (Å²) in [5.41, 5.74) is 0.754. The third-order valence-electron chi connectivity index (χ3n) is 3.65. The third kappa shape index (κ3) is 4.87. The lowest BCUT2D eigenvalue weighted by Crippen LogP contribution is -2.46. The molecule has 2 rings (SSSR count). The molecule has 0 aliphatic rings. The fourth-order valence-corrected chi connectivity index (χ4v) is 2.28. The van der Waals surface area contributed by atoms with Crippen molar-refractivity contribution >= 4 is 17.7 Å². The maximum absolute atomic E-state index is 12.1. The second-order valence-electron chi connectivity index (χ2n) is 5.36. The van der Waals surface area contributed by atoms with E-state index in [2.05, 4.69) is 10.6 Å². The van der Waals surface area contributed by atoms with Gasteiger partial charge in [0.15, 0.2) is 6.04 Å². The van der Waals surface area contributed by atoms with Crippen LogP contribution in [0.5, 0.6) is 11.5 Å². The fourth-order valence-electron chi connectivity index (χ4n) is 2.28.